The zero-order valence-corrected chi connectivity index (χ0v) is 7.13. The van der Waals surface area contributed by atoms with E-state index in [1.54, 1.807) is 4.90 Å². The number of amides is 1. The highest BCUT2D eigenvalue weighted by Crippen LogP contribution is 2.34. The van der Waals surface area contributed by atoms with Crippen molar-refractivity contribution >= 4 is 23.6 Å². The lowest BCUT2D eigenvalue weighted by atomic mass is 10.1. The largest absolute Gasteiger partial charge is 0.322 e. The Hall–Kier alpha value is -0.770. The summed E-state index contributed by atoms with van der Waals surface area (Å²) in [5.41, 5.74) is 6.19. The zero-order valence-electron chi connectivity index (χ0n) is 6.32. The van der Waals surface area contributed by atoms with Crippen molar-refractivity contribution in [3.8, 4) is 0 Å². The molecule has 1 amide bonds. The Kier molecular flexibility index (Phi) is 1.72. The summed E-state index contributed by atoms with van der Waals surface area (Å²) < 4.78 is 0. The summed E-state index contributed by atoms with van der Waals surface area (Å²) >= 11 is 1.54. The number of fused-ring (bicyclic) bond motifs is 1. The van der Waals surface area contributed by atoms with Crippen molar-refractivity contribution < 1.29 is 9.59 Å². The lowest BCUT2D eigenvalue weighted by Crippen LogP contribution is -2.68. The van der Waals surface area contributed by atoms with Gasteiger partial charge in [-0.25, -0.2) is 4.79 Å². The van der Waals surface area contributed by atoms with Gasteiger partial charge in [0.25, 0.3) is 0 Å². The summed E-state index contributed by atoms with van der Waals surface area (Å²) in [5, 5.41) is 0.0922. The van der Waals surface area contributed by atoms with E-state index in [1.165, 1.54) is 11.8 Å². The molecule has 0 spiro atoms. The van der Waals surface area contributed by atoms with Crippen LogP contribution >= 0.6 is 11.8 Å². The number of carbonyl (C=O) groups is 1. The quantitative estimate of drug-likeness (QED) is 0.387. The number of β-lactam (4-membered cyclic amide) rings is 1. The molecule has 2 aliphatic heterocycles. The first-order valence-corrected chi connectivity index (χ1v) is 4.69. The predicted octanol–water partition coefficient (Wildman–Crippen LogP) is -1.01. The number of nitrogens with zero attached hydrogens (tertiary/aromatic N) is 1. The second kappa shape index (κ2) is 2.62. The Morgan fingerprint density at radius 3 is 3.08 bits per heavy atom. The normalized spacial score (nSPS) is 33.9. The van der Waals surface area contributed by atoms with Gasteiger partial charge in [0, 0.05) is 11.3 Å². The van der Waals surface area contributed by atoms with Gasteiger partial charge in [0.05, 0.1) is 6.54 Å². The molecule has 2 fully saturated rings. The van der Waals surface area contributed by atoms with Gasteiger partial charge in [-0.15, -0.1) is 11.8 Å². The monoisotopic (exact) mass is 184 g/mol. The lowest BCUT2D eigenvalue weighted by molar-refractivity contribution is -0.143. The van der Waals surface area contributed by atoms with Gasteiger partial charge in [-0.1, -0.05) is 0 Å². The first kappa shape index (κ1) is 7.86. The number of carbonyl (C=O) groups excluding carboxylic acids is 2. The Labute approximate surface area is 73.8 Å². The first-order chi connectivity index (χ1) is 5.74. The summed E-state index contributed by atoms with van der Waals surface area (Å²) in [6, 6.07) is -0.358. The molecule has 0 aromatic carbocycles. The highest BCUT2D eigenvalue weighted by molar-refractivity contribution is 8.00. The highest BCUT2D eigenvalue weighted by atomic mass is 32.2. The molecule has 2 aliphatic rings. The summed E-state index contributed by atoms with van der Waals surface area (Å²) in [7, 11) is 0. The molecule has 2 heterocycles. The van der Waals surface area contributed by atoms with Gasteiger partial charge in [-0.05, 0) is 0 Å². The molecule has 2 N–H and O–H groups in total. The van der Waals surface area contributed by atoms with Crippen LogP contribution in [-0.2, 0) is 9.59 Å². The van der Waals surface area contributed by atoms with Crippen molar-refractivity contribution in [3.05, 3.63) is 5.57 Å². The average molecular weight is 184 g/mol. The van der Waals surface area contributed by atoms with Crippen LogP contribution in [0.5, 0.6) is 0 Å². The standard InChI is InChI=1S/C7H8N2O2S/c8-5-6(11)9-1-4(2-10)3-12-7(5)9/h5,7H,1,3,8H2/t5-,7-/m0/s1. The average Bonchev–Trinajstić information content (AvgIpc) is 2.15. The molecule has 0 aliphatic carbocycles. The van der Waals surface area contributed by atoms with Crippen molar-refractivity contribution in [1.29, 1.82) is 0 Å². The van der Waals surface area contributed by atoms with E-state index in [4.69, 9.17) is 5.73 Å². The molecule has 12 heavy (non-hydrogen) atoms. The van der Waals surface area contributed by atoms with Crippen LogP contribution in [-0.4, -0.2) is 40.5 Å². The van der Waals surface area contributed by atoms with Crippen LogP contribution in [0.3, 0.4) is 0 Å². The van der Waals surface area contributed by atoms with Crippen molar-refractivity contribution in [2.75, 3.05) is 12.3 Å². The number of rotatable bonds is 0. The molecule has 0 unspecified atom stereocenters. The van der Waals surface area contributed by atoms with E-state index in [9.17, 15) is 9.59 Å². The SMILES string of the molecule is N[C@H]1C(=O)N2CC(=C=O)CS[C@@H]12. The summed E-state index contributed by atoms with van der Waals surface area (Å²) in [6.45, 7) is 0.424. The second-order valence-electron chi connectivity index (χ2n) is 2.90. The molecule has 2 saturated heterocycles. The minimum Gasteiger partial charge on any atom is -0.322 e. The maximum Gasteiger partial charge on any atom is 0.243 e. The number of hydrogen-bond donors (Lipinski definition) is 1. The summed E-state index contributed by atoms with van der Waals surface area (Å²) in [6.07, 6.45) is 0. The fourth-order valence-electron chi connectivity index (χ4n) is 1.41. The van der Waals surface area contributed by atoms with E-state index in [1.807, 2.05) is 5.94 Å². The Balaban J connectivity index is 2.13. The van der Waals surface area contributed by atoms with Gasteiger partial charge in [0.15, 0.2) is 0 Å². The molecule has 2 rings (SSSR count). The Morgan fingerprint density at radius 1 is 1.67 bits per heavy atom. The van der Waals surface area contributed by atoms with Crippen molar-refractivity contribution in [3.63, 3.8) is 0 Å². The third-order valence-electron chi connectivity index (χ3n) is 2.12. The number of thioether (sulfide) groups is 1. The van der Waals surface area contributed by atoms with Gasteiger partial charge in [0.1, 0.15) is 17.4 Å². The number of nitrogens with two attached hydrogens (primary N) is 1. The highest BCUT2D eigenvalue weighted by Gasteiger charge is 2.47. The van der Waals surface area contributed by atoms with Gasteiger partial charge in [-0.3, -0.25) is 4.79 Å². The van der Waals surface area contributed by atoms with Crippen LogP contribution in [0.1, 0.15) is 0 Å². The number of hydrogen-bond acceptors (Lipinski definition) is 4. The molecule has 0 radical (unpaired) electrons. The molecule has 0 aromatic rings. The topological polar surface area (TPSA) is 63.4 Å². The van der Waals surface area contributed by atoms with E-state index in [0.717, 1.165) is 0 Å². The zero-order chi connectivity index (χ0) is 8.72. The van der Waals surface area contributed by atoms with E-state index in [2.05, 4.69) is 0 Å². The van der Waals surface area contributed by atoms with Crippen molar-refractivity contribution in [1.82, 2.24) is 4.90 Å². The van der Waals surface area contributed by atoms with Crippen LogP contribution in [0.4, 0.5) is 0 Å². The predicted molar refractivity (Wildman–Crippen MR) is 45.1 cm³/mol. The third-order valence-corrected chi connectivity index (χ3v) is 3.52. The van der Waals surface area contributed by atoms with E-state index < -0.39 is 0 Å². The second-order valence-corrected chi connectivity index (χ2v) is 4.00. The lowest BCUT2D eigenvalue weighted by Gasteiger charge is -2.47. The van der Waals surface area contributed by atoms with Crippen molar-refractivity contribution in [2.24, 2.45) is 5.73 Å². The van der Waals surface area contributed by atoms with Crippen LogP contribution in [0.25, 0.3) is 0 Å². The summed E-state index contributed by atoms with van der Waals surface area (Å²) in [5.74, 6) is 2.44. The van der Waals surface area contributed by atoms with Gasteiger partial charge >= 0.3 is 0 Å². The van der Waals surface area contributed by atoms with Crippen LogP contribution < -0.4 is 5.73 Å². The third kappa shape index (κ3) is 0.909. The first-order valence-electron chi connectivity index (χ1n) is 3.64. The van der Waals surface area contributed by atoms with E-state index in [-0.39, 0.29) is 17.3 Å². The molecule has 4 nitrogen and oxygen atoms in total. The molecule has 64 valence electrons. The maximum atomic E-state index is 11.1. The summed E-state index contributed by atoms with van der Waals surface area (Å²) in [4.78, 5) is 23.0. The fourth-order valence-corrected chi connectivity index (χ4v) is 2.62. The van der Waals surface area contributed by atoms with Gasteiger partial charge in [-0.2, -0.15) is 0 Å². The van der Waals surface area contributed by atoms with Crippen LogP contribution in [0.2, 0.25) is 0 Å². The molecular weight excluding hydrogens is 176 g/mol. The molecule has 0 saturated carbocycles. The molecule has 0 bridgehead atoms. The van der Waals surface area contributed by atoms with Crippen molar-refractivity contribution in [2.45, 2.75) is 11.4 Å². The maximum absolute atomic E-state index is 11.1. The van der Waals surface area contributed by atoms with Gasteiger partial charge < -0.3 is 10.6 Å². The molecule has 2 atom stereocenters. The minimum atomic E-state index is -0.358. The van der Waals surface area contributed by atoms with Crippen LogP contribution in [0, 0.1) is 0 Å². The van der Waals surface area contributed by atoms with Crippen LogP contribution in [0.15, 0.2) is 5.57 Å². The Morgan fingerprint density at radius 2 is 2.42 bits per heavy atom. The van der Waals surface area contributed by atoms with E-state index >= 15 is 0 Å². The Bertz CT molecular complexity index is 285. The minimum absolute atomic E-state index is 0.0556. The smallest absolute Gasteiger partial charge is 0.243 e. The van der Waals surface area contributed by atoms with E-state index in [0.29, 0.717) is 17.9 Å². The molecular formula is C7H8N2O2S. The molecule has 5 heteroatoms. The molecule has 0 aromatic heterocycles. The fraction of sp³-hybridized carbons (Fsp3) is 0.571. The van der Waals surface area contributed by atoms with Gasteiger partial charge in [0.2, 0.25) is 5.91 Å².